The predicted molar refractivity (Wildman–Crippen MR) is 227 cm³/mol. The quantitative estimate of drug-likeness (QED) is 0.0370. The van der Waals surface area contributed by atoms with E-state index < -0.39 is 53.3 Å². The lowest BCUT2D eigenvalue weighted by Crippen LogP contribution is -2.55. The van der Waals surface area contributed by atoms with Crippen molar-refractivity contribution in [3.05, 3.63) is 89.0 Å². The molecule has 59 heavy (non-hydrogen) atoms. The van der Waals surface area contributed by atoms with Gasteiger partial charge in [-0.3, -0.25) is 15.0 Å². The molecule has 4 amide bonds. The number of rotatable bonds is 19. The van der Waals surface area contributed by atoms with Crippen LogP contribution in [0.2, 0.25) is 0 Å². The van der Waals surface area contributed by atoms with Crippen molar-refractivity contribution in [1.82, 2.24) is 26.6 Å². The van der Waals surface area contributed by atoms with E-state index in [1.807, 2.05) is 68.4 Å². The molecule has 3 aromatic rings. The number of carbonyl (C=O) groups is 4. The summed E-state index contributed by atoms with van der Waals surface area (Å²) in [5.41, 5.74) is 7.00. The number of carbonyl (C=O) groups excluding carboxylic acids is 4. The maximum Gasteiger partial charge on any atom is 0.408 e. The van der Waals surface area contributed by atoms with Gasteiger partial charge in [-0.15, -0.1) is 0 Å². The topological polar surface area (TPSA) is 226 Å². The molecule has 3 rings (SSSR count). The number of amides is 4. The van der Waals surface area contributed by atoms with Crippen LogP contribution < -0.4 is 37.1 Å². The number of alkyl carbamates (subject to hydrolysis) is 2. The van der Waals surface area contributed by atoms with Crippen LogP contribution in [0.5, 0.6) is 17.2 Å². The minimum absolute atomic E-state index is 0.0792. The van der Waals surface area contributed by atoms with Crippen LogP contribution in [0.15, 0.2) is 66.7 Å². The molecule has 322 valence electrons. The van der Waals surface area contributed by atoms with Crippen LogP contribution in [0.4, 0.5) is 9.59 Å². The van der Waals surface area contributed by atoms with Crippen LogP contribution in [0, 0.1) is 19.3 Å². The van der Waals surface area contributed by atoms with E-state index in [4.69, 9.17) is 25.4 Å². The molecular formula is C44H63N7O8. The average Bonchev–Trinajstić information content (AvgIpc) is 3.12. The lowest BCUT2D eigenvalue weighted by molar-refractivity contribution is -0.130. The van der Waals surface area contributed by atoms with Gasteiger partial charge in [-0.1, -0.05) is 30.3 Å². The van der Waals surface area contributed by atoms with Gasteiger partial charge in [-0.25, -0.2) is 9.59 Å². The van der Waals surface area contributed by atoms with Crippen molar-refractivity contribution >= 4 is 30.0 Å². The Hall–Kier alpha value is -5.99. The van der Waals surface area contributed by atoms with Crippen molar-refractivity contribution in [2.75, 3.05) is 13.1 Å². The Morgan fingerprint density at radius 1 is 0.695 bits per heavy atom. The van der Waals surface area contributed by atoms with E-state index in [0.717, 1.165) is 22.3 Å². The largest absolute Gasteiger partial charge is 0.508 e. The third-order valence-corrected chi connectivity index (χ3v) is 8.88. The number of aromatic hydroxyl groups is 1. The first-order valence-corrected chi connectivity index (χ1v) is 20.0. The molecule has 0 saturated carbocycles. The molecule has 0 spiro atoms. The highest BCUT2D eigenvalue weighted by Gasteiger charge is 2.30. The van der Waals surface area contributed by atoms with E-state index in [0.29, 0.717) is 43.7 Å². The predicted octanol–water partition coefficient (Wildman–Crippen LogP) is 6.54. The minimum atomic E-state index is -1.11. The first kappa shape index (κ1) is 47.4. The van der Waals surface area contributed by atoms with E-state index >= 15 is 0 Å². The number of benzene rings is 3. The number of nitrogens with two attached hydrogens (primary N) is 1. The van der Waals surface area contributed by atoms with Crippen molar-refractivity contribution in [3.63, 3.8) is 0 Å². The molecular weight excluding hydrogens is 755 g/mol. The van der Waals surface area contributed by atoms with Crippen LogP contribution in [0.25, 0.3) is 0 Å². The molecule has 0 aromatic heterocycles. The molecule has 15 heteroatoms. The van der Waals surface area contributed by atoms with Crippen molar-refractivity contribution < 1.29 is 38.5 Å². The molecule has 0 aliphatic rings. The zero-order valence-electron chi connectivity index (χ0n) is 35.6. The van der Waals surface area contributed by atoms with Crippen molar-refractivity contribution in [3.8, 4) is 17.2 Å². The monoisotopic (exact) mass is 817 g/mol. The molecule has 15 nitrogen and oxygen atoms in total. The summed E-state index contributed by atoms with van der Waals surface area (Å²) in [7, 11) is 0. The van der Waals surface area contributed by atoms with Gasteiger partial charge in [-0.2, -0.15) is 0 Å². The molecule has 0 heterocycles. The molecule has 9 N–H and O–H groups in total. The zero-order valence-corrected chi connectivity index (χ0v) is 35.6. The Morgan fingerprint density at radius 2 is 1.25 bits per heavy atom. The highest BCUT2D eigenvalue weighted by Crippen LogP contribution is 2.27. The lowest BCUT2D eigenvalue weighted by Gasteiger charge is -2.28. The van der Waals surface area contributed by atoms with Gasteiger partial charge in [-0.05, 0) is 146 Å². The summed E-state index contributed by atoms with van der Waals surface area (Å²) in [6.07, 6.45) is 0.981. The van der Waals surface area contributed by atoms with Crippen molar-refractivity contribution in [2.24, 2.45) is 5.73 Å². The standard InChI is InChI=1S/C44H63N7O8/c1-28-25-31(52)26-29(2)34(28)27-37(50-38(53)36(18-14-24-47-40(45)46)51-42(56)59-44(6,7)8)39(54)49-35(17-12-13-23-48-41(55)58-43(3,4)5)30-19-21-33(22-20-30)57-32-15-10-9-11-16-32/h9-11,15-16,19-22,25-26,35-37,52H,12-14,17-18,23-24,27H2,1-8H3,(H,48,55)(H,49,54)(H,50,53)(H,51,56)(H4,45,46,47)/t35-,36+,37-/m0/s1. The number of hydrogen-bond donors (Lipinski definition) is 8. The van der Waals surface area contributed by atoms with Crippen LogP contribution >= 0.6 is 0 Å². The molecule has 0 saturated heterocycles. The third-order valence-electron chi connectivity index (χ3n) is 8.88. The van der Waals surface area contributed by atoms with Crippen LogP contribution in [-0.2, 0) is 25.5 Å². The van der Waals surface area contributed by atoms with Crippen LogP contribution in [-0.4, -0.2) is 71.4 Å². The van der Waals surface area contributed by atoms with Gasteiger partial charge < -0.3 is 51.6 Å². The maximum atomic E-state index is 14.5. The summed E-state index contributed by atoms with van der Waals surface area (Å²) in [4.78, 5) is 53.7. The number of nitrogens with one attached hydrogen (secondary N) is 6. The summed E-state index contributed by atoms with van der Waals surface area (Å²) >= 11 is 0. The molecule has 0 aliphatic heterocycles. The number of phenols is 1. The van der Waals surface area contributed by atoms with E-state index in [9.17, 15) is 24.3 Å². The van der Waals surface area contributed by atoms with Crippen LogP contribution in [0.3, 0.4) is 0 Å². The van der Waals surface area contributed by atoms with E-state index in [1.54, 1.807) is 53.7 Å². The molecule has 0 aliphatic carbocycles. The van der Waals surface area contributed by atoms with Gasteiger partial charge >= 0.3 is 12.2 Å². The third kappa shape index (κ3) is 18.0. The van der Waals surface area contributed by atoms with Gasteiger partial charge in [0.2, 0.25) is 11.8 Å². The SMILES string of the molecule is Cc1cc(O)cc(C)c1C[C@H](NC(=O)[C@@H](CCCNC(=N)N)NC(=O)OC(C)(C)C)C(=O)N[C@@H](CCCCNC(=O)OC(C)(C)C)c1ccc(Oc2ccccc2)cc1. The molecule has 0 unspecified atom stereocenters. The fourth-order valence-electron chi connectivity index (χ4n) is 6.19. The lowest BCUT2D eigenvalue weighted by atomic mass is 9.94. The molecule has 3 atom stereocenters. The van der Waals surface area contributed by atoms with Gasteiger partial charge in [0.25, 0.3) is 0 Å². The smallest absolute Gasteiger partial charge is 0.408 e. The van der Waals surface area contributed by atoms with E-state index in [1.165, 1.54) is 0 Å². The number of guanidine groups is 1. The first-order chi connectivity index (χ1) is 27.7. The average molecular weight is 818 g/mol. The Labute approximate surface area is 348 Å². The number of unbranched alkanes of at least 4 members (excludes halogenated alkanes) is 1. The number of ether oxygens (including phenoxy) is 3. The number of phenolic OH excluding ortho intramolecular Hbond substituents is 1. The second-order valence-electron chi connectivity index (χ2n) is 16.5. The molecule has 3 aromatic carbocycles. The Balaban J connectivity index is 1.91. The second-order valence-corrected chi connectivity index (χ2v) is 16.5. The van der Waals surface area contributed by atoms with Crippen molar-refractivity contribution in [1.29, 1.82) is 5.41 Å². The first-order valence-electron chi connectivity index (χ1n) is 20.0. The normalized spacial score (nSPS) is 12.9. The molecule has 0 fully saturated rings. The number of hydrogen-bond acceptors (Lipinski definition) is 9. The van der Waals surface area contributed by atoms with Crippen LogP contribution in [0.1, 0.15) is 102 Å². The fourth-order valence-corrected chi connectivity index (χ4v) is 6.19. The zero-order chi connectivity index (χ0) is 43.8. The number of aryl methyl sites for hydroxylation is 2. The molecule has 0 bridgehead atoms. The van der Waals surface area contributed by atoms with Gasteiger partial charge in [0, 0.05) is 19.5 Å². The summed E-state index contributed by atoms with van der Waals surface area (Å²) in [5, 5.41) is 31.9. The van der Waals surface area contributed by atoms with E-state index in [-0.39, 0.29) is 31.1 Å². The minimum Gasteiger partial charge on any atom is -0.508 e. The highest BCUT2D eigenvalue weighted by molar-refractivity contribution is 5.91. The highest BCUT2D eigenvalue weighted by atomic mass is 16.6. The Bertz CT molecular complexity index is 1830. The Morgan fingerprint density at radius 3 is 1.85 bits per heavy atom. The van der Waals surface area contributed by atoms with E-state index in [2.05, 4.69) is 26.6 Å². The Kier molecular flexibility index (Phi) is 17.9. The van der Waals surface area contributed by atoms with Gasteiger partial charge in [0.15, 0.2) is 5.96 Å². The van der Waals surface area contributed by atoms with Gasteiger partial charge in [0.1, 0.15) is 40.5 Å². The summed E-state index contributed by atoms with van der Waals surface area (Å²) < 4.78 is 16.8. The fraction of sp³-hybridized carbons (Fsp3) is 0.477. The number of para-hydroxylation sites is 1. The molecule has 0 radical (unpaired) electrons. The van der Waals surface area contributed by atoms with Gasteiger partial charge in [0.05, 0.1) is 6.04 Å². The van der Waals surface area contributed by atoms with Crippen molar-refractivity contribution in [2.45, 2.75) is 123 Å². The summed E-state index contributed by atoms with van der Waals surface area (Å²) in [6, 6.07) is 17.2. The second kappa shape index (κ2) is 22.2. The summed E-state index contributed by atoms with van der Waals surface area (Å²) in [5.74, 6) is 0.0545. The summed E-state index contributed by atoms with van der Waals surface area (Å²) in [6.45, 7) is 14.8. The maximum absolute atomic E-state index is 14.5.